The molecule has 5 aromatic heterocycles. The molecule has 34 nitrogen and oxygen atoms in total. The molecular weight excluding hydrogens is 1680 g/mol. The molecule has 0 spiro atoms. The zero-order chi connectivity index (χ0) is 87.9. The van der Waals surface area contributed by atoms with Gasteiger partial charge >= 0.3 is 25.2 Å². The number of benzene rings is 8. The van der Waals surface area contributed by atoms with Gasteiger partial charge in [0.15, 0.2) is 57.7 Å². The highest BCUT2D eigenvalue weighted by Gasteiger charge is 2.48. The van der Waals surface area contributed by atoms with E-state index >= 15 is 0 Å². The molecule has 8 aromatic carbocycles. The zero-order valence-corrected chi connectivity index (χ0v) is 66.4. The van der Waals surface area contributed by atoms with Crippen LogP contribution < -0.4 is 64.9 Å². The van der Waals surface area contributed by atoms with E-state index in [4.69, 9.17) is 26.4 Å². The number of aromatic nitrogens is 11. The van der Waals surface area contributed by atoms with Crippen molar-refractivity contribution in [2.45, 2.75) is 104 Å². The SMILES string of the molecule is CC(C)(C)c1nc(-c2cccc(C(=O)NC3=Nc4cc5c(cc4C3)OC(F)(F)O5)c2)no1.CC(C)c1nc(-c2cccc(C(=O)NC3=Nc4cc5c(cc4C3)OC(F)(F)O5)c2)no1.Cc1cc(C)n(-c2cccc(C(=O)NC3=Nc4cc5c(cc4C3)OC(F)(F)O5)c2)n1.NC(=Nc1nc2cc3c(cc2[nH]1)OC(F)(F)O3)c1nc(NC(=O)c2ccc(Cl)cc2)n[nH]1. The highest BCUT2D eigenvalue weighted by molar-refractivity contribution is 6.30. The first-order chi connectivity index (χ1) is 59.4. The van der Waals surface area contributed by atoms with E-state index in [0.29, 0.717) is 131 Å². The van der Waals surface area contributed by atoms with Crippen molar-refractivity contribution in [1.82, 2.24) is 71.2 Å². The maximum absolute atomic E-state index is 13.2. The Balaban J connectivity index is 0.000000118. The molecule has 636 valence electrons. The van der Waals surface area contributed by atoms with E-state index in [0.717, 1.165) is 17.1 Å². The van der Waals surface area contributed by atoms with Gasteiger partial charge in [0.05, 0.1) is 39.5 Å². The number of amidine groups is 4. The summed E-state index contributed by atoms with van der Waals surface area (Å²) in [6.07, 6.45) is -13.9. The molecule has 20 rings (SSSR count). The van der Waals surface area contributed by atoms with Crippen molar-refractivity contribution in [1.29, 1.82) is 0 Å². The van der Waals surface area contributed by atoms with E-state index in [1.807, 2.05) is 60.6 Å². The summed E-state index contributed by atoms with van der Waals surface area (Å²) in [5, 5.41) is 30.1. The standard InChI is InChI=1S/C22H18F2N4O4.C21H16F2N4O4.C21H16F2N4O3.C18H11ClF2N8O3/c1-21(2,3)20-27-18(28-32-20)11-5-4-6-12(7-11)19(29)26-17-9-13-8-15-16(10-14(13)25-17)31-22(23,24)30-15;1-10(2)20-26-18(27-31-20)11-4-3-5-12(6-11)19(28)25-17-8-13-7-15-16(9-14(13)24-17)30-21(22,23)29-15;1-11-6-12(2)27(26-11)15-5-3-4-13(7-15)20(28)25-19-9-14-8-17-18(10-16(14)24-19)30-21(22,23)29-17;19-8-3-1-7(2-4-8)15(30)27-17-26-14(28-29-17)13(22)25-16-23-9-5-11-12(6-10(9)24-16)32-18(20,21)31-11/h4-8,10H,9H2,1-3H3,(H,25,26,29);3-7,9-10H,8H2,1-2H3,(H,24,25,28);3-8,10H,9H2,1-2H3,(H,24,25,28);1-6H,(H3,22,23,24,25)(H2,26,27,28,29,30). The minimum atomic E-state index is -3.72. The van der Waals surface area contributed by atoms with Crippen molar-refractivity contribution in [3.63, 3.8) is 0 Å². The smallest absolute Gasteiger partial charge is 0.395 e. The Morgan fingerprint density at radius 3 is 1.41 bits per heavy atom. The number of nitrogens with one attached hydrogen (secondary N) is 6. The highest BCUT2D eigenvalue weighted by atomic mass is 35.5. The number of carbonyl (C=O) groups is 4. The Hall–Kier alpha value is -15.7. The Labute approximate surface area is 702 Å². The molecule has 0 saturated carbocycles. The third-order valence-corrected chi connectivity index (χ3v) is 19.1. The summed E-state index contributed by atoms with van der Waals surface area (Å²) in [6.45, 7) is 13.6. The molecule has 0 saturated heterocycles. The number of nitrogens with two attached hydrogens (primary N) is 1. The molecular formula is C82H61ClF8N20O14. The first kappa shape index (κ1) is 81.7. The molecule has 43 heteroatoms. The number of aryl methyl sites for hydroxylation is 2. The first-order valence-corrected chi connectivity index (χ1v) is 37.9. The molecule has 125 heavy (non-hydrogen) atoms. The normalized spacial score (nSPS) is 15.5. The van der Waals surface area contributed by atoms with Crippen molar-refractivity contribution in [3.05, 3.63) is 225 Å². The quantitative estimate of drug-likeness (QED) is 0.0359. The van der Waals surface area contributed by atoms with Crippen molar-refractivity contribution in [2.75, 3.05) is 5.32 Å². The average molecular weight is 1740 g/mol. The van der Waals surface area contributed by atoms with Crippen LogP contribution in [0.5, 0.6) is 46.0 Å². The number of H-pyrrole nitrogens is 2. The summed E-state index contributed by atoms with van der Waals surface area (Å²) < 4.78 is 153. The number of hydrogen-bond acceptors (Lipinski definition) is 26. The zero-order valence-electron chi connectivity index (χ0n) is 65.6. The number of aromatic amines is 2. The molecule has 0 unspecified atom stereocenters. The molecule has 8 N–H and O–H groups in total. The van der Waals surface area contributed by atoms with Crippen LogP contribution in [0, 0.1) is 13.8 Å². The van der Waals surface area contributed by atoms with Gasteiger partial charge in [0, 0.05) is 105 Å². The third kappa shape index (κ3) is 17.9. The molecule has 0 bridgehead atoms. The van der Waals surface area contributed by atoms with Crippen LogP contribution in [0.4, 0.5) is 64.1 Å². The van der Waals surface area contributed by atoms with E-state index in [2.05, 4.69) is 130 Å². The van der Waals surface area contributed by atoms with Crippen LogP contribution in [0.2, 0.25) is 5.02 Å². The van der Waals surface area contributed by atoms with Gasteiger partial charge in [-0.1, -0.05) is 86.9 Å². The largest absolute Gasteiger partial charge is 0.586 e. The fraction of sp³-hybridized carbons (Fsp3) is 0.195. The van der Waals surface area contributed by atoms with Crippen LogP contribution in [0.3, 0.4) is 0 Å². The number of ether oxygens (including phenoxy) is 8. The topological polar surface area (TPSA) is 432 Å². The maximum atomic E-state index is 13.2. The molecule has 12 heterocycles. The maximum Gasteiger partial charge on any atom is 0.586 e. The van der Waals surface area contributed by atoms with Crippen LogP contribution in [0.25, 0.3) is 39.5 Å². The molecule has 4 amide bonds. The van der Waals surface area contributed by atoms with Gasteiger partial charge in [-0.05, 0) is 122 Å². The molecule has 0 fully saturated rings. The van der Waals surface area contributed by atoms with Gasteiger partial charge in [-0.15, -0.1) is 40.2 Å². The Bertz CT molecular complexity index is 6670. The number of imidazole rings is 1. The number of rotatable bonds is 11. The molecule has 0 atom stereocenters. The van der Waals surface area contributed by atoms with E-state index in [1.54, 1.807) is 95.7 Å². The lowest BCUT2D eigenvalue weighted by Crippen LogP contribution is -2.30. The second kappa shape index (κ2) is 31.4. The summed E-state index contributed by atoms with van der Waals surface area (Å²) in [6, 6.07) is 40.0. The van der Waals surface area contributed by atoms with Crippen LogP contribution in [-0.2, 0) is 24.7 Å². The van der Waals surface area contributed by atoms with Gasteiger partial charge in [0.25, 0.3) is 23.6 Å². The third-order valence-electron chi connectivity index (χ3n) is 18.8. The predicted octanol–water partition coefficient (Wildman–Crippen LogP) is 15.3. The van der Waals surface area contributed by atoms with Gasteiger partial charge in [-0.25, -0.2) is 24.6 Å². The summed E-state index contributed by atoms with van der Waals surface area (Å²) >= 11 is 5.81. The predicted molar refractivity (Wildman–Crippen MR) is 426 cm³/mol. The van der Waals surface area contributed by atoms with Gasteiger partial charge < -0.3 is 73.6 Å². The van der Waals surface area contributed by atoms with Gasteiger partial charge in [-0.2, -0.15) is 25.0 Å². The number of alkyl halides is 8. The minimum Gasteiger partial charge on any atom is -0.395 e. The van der Waals surface area contributed by atoms with Crippen LogP contribution >= 0.6 is 11.6 Å². The highest BCUT2D eigenvalue weighted by Crippen LogP contribution is 2.50. The van der Waals surface area contributed by atoms with Gasteiger partial charge in [0.1, 0.15) is 17.5 Å². The second-order valence-corrected chi connectivity index (χ2v) is 30.1. The molecule has 7 aliphatic heterocycles. The average Bonchev–Trinajstić information content (AvgIpc) is 1.63. The number of hydrogen-bond donors (Lipinski definition) is 7. The summed E-state index contributed by atoms with van der Waals surface area (Å²) in [7, 11) is 0. The van der Waals surface area contributed by atoms with Crippen molar-refractivity contribution in [2.24, 2.45) is 25.7 Å². The van der Waals surface area contributed by atoms with Crippen molar-refractivity contribution in [3.8, 4) is 74.5 Å². The van der Waals surface area contributed by atoms with Crippen molar-refractivity contribution >= 4 is 98.6 Å². The lowest BCUT2D eigenvalue weighted by Gasteiger charge is -2.10. The lowest BCUT2D eigenvalue weighted by molar-refractivity contribution is -0.287. The number of anilines is 1. The number of aliphatic imine (C=N–C) groups is 4. The van der Waals surface area contributed by atoms with Crippen LogP contribution in [0.15, 0.2) is 181 Å². The van der Waals surface area contributed by atoms with Crippen LogP contribution in [0.1, 0.15) is 128 Å². The van der Waals surface area contributed by atoms with E-state index in [9.17, 15) is 54.3 Å². The number of nitrogens with zero attached hydrogens (tertiary/aromatic N) is 13. The Morgan fingerprint density at radius 1 is 0.512 bits per heavy atom. The molecule has 13 aromatic rings. The fourth-order valence-electron chi connectivity index (χ4n) is 13.1. The Morgan fingerprint density at radius 2 is 0.952 bits per heavy atom. The lowest BCUT2D eigenvalue weighted by atomic mass is 9.97. The van der Waals surface area contributed by atoms with Crippen molar-refractivity contribution < 1.29 is 101 Å². The summed E-state index contributed by atoms with van der Waals surface area (Å²) in [5.74, 6) is 0.952. The Kier molecular flexibility index (Phi) is 20.5. The first-order valence-electron chi connectivity index (χ1n) is 37.5. The molecule has 0 radical (unpaired) electrons. The van der Waals surface area contributed by atoms with Gasteiger partial charge in [-0.3, -0.25) is 29.6 Å². The van der Waals surface area contributed by atoms with E-state index < -0.39 is 31.1 Å². The summed E-state index contributed by atoms with van der Waals surface area (Å²) in [4.78, 5) is 87.3. The van der Waals surface area contributed by atoms with Gasteiger partial charge in [0.2, 0.25) is 35.3 Å². The number of fused-ring (bicyclic) bond motifs is 8. The number of carbonyl (C=O) groups excluding carboxylic acids is 4. The number of halogens is 9. The molecule has 7 aliphatic rings. The fourth-order valence-corrected chi connectivity index (χ4v) is 13.2. The van der Waals surface area contributed by atoms with Crippen LogP contribution in [-0.4, -0.2) is 127 Å². The minimum absolute atomic E-state index is 0.0191. The van der Waals surface area contributed by atoms with E-state index in [1.165, 1.54) is 48.5 Å². The summed E-state index contributed by atoms with van der Waals surface area (Å²) in [5.41, 5.74) is 15.1. The van der Waals surface area contributed by atoms with E-state index in [-0.39, 0.29) is 111 Å². The second-order valence-electron chi connectivity index (χ2n) is 29.7. The molecule has 0 aliphatic carbocycles. The number of amides is 4. The monoisotopic (exact) mass is 1740 g/mol.